The van der Waals surface area contributed by atoms with Crippen molar-refractivity contribution in [2.75, 3.05) is 26.4 Å². The molecule has 0 aliphatic carbocycles. The Bertz CT molecular complexity index is 1610. The zero-order valence-corrected chi connectivity index (χ0v) is 47.7. The fourth-order valence-corrected chi connectivity index (χ4v) is 8.42. The molecule has 74 heavy (non-hydrogen) atoms. The first-order valence-electron chi connectivity index (χ1n) is 29.1. The van der Waals surface area contributed by atoms with Crippen molar-refractivity contribution in [1.29, 1.82) is 0 Å². The maximum absolute atomic E-state index is 12.9. The van der Waals surface area contributed by atoms with E-state index in [-0.39, 0.29) is 25.9 Å². The van der Waals surface area contributed by atoms with Crippen LogP contribution in [0.4, 0.5) is 0 Å². The van der Waals surface area contributed by atoms with E-state index in [4.69, 9.17) is 23.3 Å². The Morgan fingerprint density at radius 2 is 0.703 bits per heavy atom. The van der Waals surface area contributed by atoms with Gasteiger partial charge in [0, 0.05) is 19.3 Å². The Balaban J connectivity index is 4.80. The van der Waals surface area contributed by atoms with Gasteiger partial charge in [0.05, 0.1) is 19.8 Å². The van der Waals surface area contributed by atoms with E-state index in [1.807, 2.05) is 0 Å². The summed E-state index contributed by atoms with van der Waals surface area (Å²) in [6.45, 7) is 4.35. The molecule has 0 fully saturated rings. The van der Waals surface area contributed by atoms with Gasteiger partial charge in [0.15, 0.2) is 6.10 Å². The Kier molecular flexibility index (Phi) is 52.9. The van der Waals surface area contributed by atoms with Crippen LogP contribution in [0.15, 0.2) is 97.2 Å². The Labute approximate surface area is 451 Å². The molecule has 0 aromatic heterocycles. The minimum Gasteiger partial charge on any atom is -0.462 e. The summed E-state index contributed by atoms with van der Waals surface area (Å²) in [5.74, 6) is -1.53. The van der Waals surface area contributed by atoms with Gasteiger partial charge in [-0.25, -0.2) is 4.57 Å². The first kappa shape index (κ1) is 70.4. The summed E-state index contributed by atoms with van der Waals surface area (Å²) in [5.41, 5.74) is 0. The molecule has 0 amide bonds. The second-order valence-electron chi connectivity index (χ2n) is 19.0. The molecule has 0 radical (unpaired) electrons. The quantitative estimate of drug-likeness (QED) is 0.0197. The van der Waals surface area contributed by atoms with Gasteiger partial charge < -0.3 is 24.2 Å². The van der Waals surface area contributed by atoms with Crippen LogP contribution in [0.1, 0.15) is 239 Å². The number of carbonyl (C=O) groups is 3. The molecule has 11 nitrogen and oxygen atoms in total. The van der Waals surface area contributed by atoms with Crippen LogP contribution in [0.25, 0.3) is 0 Å². The third kappa shape index (κ3) is 53.2. The molecular formula is C62H105O11P. The normalized spacial score (nSPS) is 14.1. The molecule has 0 aromatic carbocycles. The minimum atomic E-state index is -4.77. The van der Waals surface area contributed by atoms with Crippen molar-refractivity contribution in [1.82, 2.24) is 0 Å². The summed E-state index contributed by atoms with van der Waals surface area (Å²) in [6.07, 6.45) is 65.1. The molecule has 0 saturated heterocycles. The number of carbonyl (C=O) groups excluding carboxylic acids is 3. The highest BCUT2D eigenvalue weighted by Crippen LogP contribution is 2.43. The SMILES string of the molecule is CC/C=C\C/C=C\C/C=C\C/C=C\C/C=C\CCCCCC(=O)OCC(COP(=O)(O)OCC(CO)OC(=O)CCCCC/C=C\C/C=C\C/C=C\CC)OC(=O)CCCCCCCCCCCCCCCCC. The largest absolute Gasteiger partial charge is 0.472 e. The number of hydrogen-bond acceptors (Lipinski definition) is 10. The number of aliphatic hydroxyl groups excluding tert-OH is 1. The fourth-order valence-electron chi connectivity index (χ4n) is 7.63. The van der Waals surface area contributed by atoms with Gasteiger partial charge >= 0.3 is 25.7 Å². The Morgan fingerprint density at radius 3 is 1.08 bits per heavy atom. The van der Waals surface area contributed by atoms with E-state index >= 15 is 0 Å². The van der Waals surface area contributed by atoms with Gasteiger partial charge in [0.2, 0.25) is 0 Å². The first-order valence-corrected chi connectivity index (χ1v) is 30.6. The second-order valence-corrected chi connectivity index (χ2v) is 20.5. The van der Waals surface area contributed by atoms with Crippen molar-refractivity contribution < 1.29 is 52.2 Å². The lowest BCUT2D eigenvalue weighted by Gasteiger charge is -2.21. The lowest BCUT2D eigenvalue weighted by molar-refractivity contribution is -0.161. The van der Waals surface area contributed by atoms with Gasteiger partial charge in [0.1, 0.15) is 12.7 Å². The van der Waals surface area contributed by atoms with Crippen LogP contribution in [0.3, 0.4) is 0 Å². The van der Waals surface area contributed by atoms with Crippen molar-refractivity contribution in [3.63, 3.8) is 0 Å². The molecule has 0 aliphatic heterocycles. The van der Waals surface area contributed by atoms with Gasteiger partial charge in [-0.2, -0.15) is 0 Å². The molecule has 0 saturated carbocycles. The highest BCUT2D eigenvalue weighted by molar-refractivity contribution is 7.47. The molecule has 12 heteroatoms. The summed E-state index contributed by atoms with van der Waals surface area (Å²) in [6, 6.07) is 0. The van der Waals surface area contributed by atoms with Crippen LogP contribution in [0, 0.1) is 0 Å². The molecule has 0 aliphatic rings. The Morgan fingerprint density at radius 1 is 0.392 bits per heavy atom. The molecule has 3 unspecified atom stereocenters. The number of ether oxygens (including phenoxy) is 3. The molecular weight excluding hydrogens is 952 g/mol. The average molecular weight is 1060 g/mol. The number of esters is 3. The lowest BCUT2D eigenvalue weighted by atomic mass is 10.0. The van der Waals surface area contributed by atoms with Crippen molar-refractivity contribution in [3.8, 4) is 0 Å². The van der Waals surface area contributed by atoms with Gasteiger partial charge in [-0.3, -0.25) is 23.4 Å². The third-order valence-electron chi connectivity index (χ3n) is 12.0. The molecule has 424 valence electrons. The van der Waals surface area contributed by atoms with E-state index in [1.54, 1.807) is 0 Å². The van der Waals surface area contributed by atoms with Crippen molar-refractivity contribution in [3.05, 3.63) is 97.2 Å². The molecule has 2 N–H and O–H groups in total. The molecule has 0 aromatic rings. The smallest absolute Gasteiger partial charge is 0.462 e. The number of hydrogen-bond donors (Lipinski definition) is 2. The highest BCUT2D eigenvalue weighted by atomic mass is 31.2. The third-order valence-corrected chi connectivity index (χ3v) is 13.0. The van der Waals surface area contributed by atoms with Crippen LogP contribution in [0.2, 0.25) is 0 Å². The zero-order chi connectivity index (χ0) is 54.1. The van der Waals surface area contributed by atoms with E-state index in [2.05, 4.69) is 118 Å². The molecule has 0 rings (SSSR count). The van der Waals surface area contributed by atoms with Crippen molar-refractivity contribution in [2.24, 2.45) is 0 Å². The van der Waals surface area contributed by atoms with Crippen LogP contribution < -0.4 is 0 Å². The van der Waals surface area contributed by atoms with E-state index in [0.29, 0.717) is 19.3 Å². The number of unbranched alkanes of at least 4 members (excludes halogenated alkanes) is 20. The number of aliphatic hydroxyl groups is 1. The summed E-state index contributed by atoms with van der Waals surface area (Å²) >= 11 is 0. The number of phosphoric ester groups is 1. The summed E-state index contributed by atoms with van der Waals surface area (Å²) in [4.78, 5) is 48.5. The van der Waals surface area contributed by atoms with Crippen molar-refractivity contribution >= 4 is 25.7 Å². The van der Waals surface area contributed by atoms with Crippen LogP contribution in [-0.2, 0) is 42.2 Å². The molecule has 0 spiro atoms. The summed E-state index contributed by atoms with van der Waals surface area (Å²) in [7, 11) is -4.77. The second kappa shape index (κ2) is 55.6. The molecule has 0 bridgehead atoms. The van der Waals surface area contributed by atoms with E-state index < -0.39 is 57.8 Å². The number of allylic oxidation sites excluding steroid dienone is 16. The van der Waals surface area contributed by atoms with Gasteiger partial charge in [-0.15, -0.1) is 0 Å². The molecule has 0 heterocycles. The first-order chi connectivity index (χ1) is 36.2. The zero-order valence-electron chi connectivity index (χ0n) is 46.8. The van der Waals surface area contributed by atoms with Crippen LogP contribution >= 0.6 is 7.82 Å². The van der Waals surface area contributed by atoms with Crippen LogP contribution in [-0.4, -0.2) is 66.5 Å². The molecule has 3 atom stereocenters. The minimum absolute atomic E-state index is 0.137. The van der Waals surface area contributed by atoms with E-state index in [9.17, 15) is 28.9 Å². The summed E-state index contributed by atoms with van der Waals surface area (Å²) < 4.78 is 39.5. The summed E-state index contributed by atoms with van der Waals surface area (Å²) in [5, 5.41) is 9.80. The number of rotatable bonds is 53. The predicted octanol–water partition coefficient (Wildman–Crippen LogP) is 17.3. The Hall–Kier alpha value is -3.60. The lowest BCUT2D eigenvalue weighted by Crippen LogP contribution is -2.30. The predicted molar refractivity (Wildman–Crippen MR) is 307 cm³/mol. The topological polar surface area (TPSA) is 155 Å². The average Bonchev–Trinajstić information content (AvgIpc) is 3.39. The van der Waals surface area contributed by atoms with E-state index in [1.165, 1.54) is 70.6 Å². The monoisotopic (exact) mass is 1060 g/mol. The highest BCUT2D eigenvalue weighted by Gasteiger charge is 2.28. The van der Waals surface area contributed by atoms with Crippen molar-refractivity contribution in [2.45, 2.75) is 251 Å². The standard InChI is InChI=1S/C62H105O11P/c1-4-7-10-13-16-19-22-25-27-28-29-30-32-34-36-39-42-45-48-51-60(64)69-55-59(73-62(66)53-50-47-44-41-38-35-31-26-23-20-17-14-11-8-5-2)57-71-74(67,68)70-56-58(54-63)72-61(65)52-49-46-43-40-37-33-24-21-18-15-12-9-6-3/h7,9-10,12,16,18-19,21,25,27,29-30,33-34,36-37,58-59,63H,4-6,8,11,13-15,17,20,22-24,26,28,31-32,35,38-57H2,1-3H3,(H,67,68)/b10-7-,12-9-,19-16-,21-18-,27-25-,30-29-,36-34-,37-33-. The van der Waals surface area contributed by atoms with Gasteiger partial charge in [0.25, 0.3) is 0 Å². The van der Waals surface area contributed by atoms with Gasteiger partial charge in [-0.1, -0.05) is 221 Å². The number of phosphoric acid groups is 1. The fraction of sp³-hybridized carbons (Fsp3) is 0.694. The van der Waals surface area contributed by atoms with Crippen LogP contribution in [0.5, 0.6) is 0 Å². The van der Waals surface area contributed by atoms with E-state index in [0.717, 1.165) is 109 Å². The van der Waals surface area contributed by atoms with Gasteiger partial charge in [-0.05, 0) is 96.3 Å². The maximum Gasteiger partial charge on any atom is 0.472 e. The maximum atomic E-state index is 12.9.